The maximum Gasteiger partial charge on any atom is 0.303 e. The Bertz CT molecular complexity index is 170. The minimum Gasteiger partial charge on any atom is -0.481 e. The van der Waals surface area contributed by atoms with Crippen molar-refractivity contribution in [2.45, 2.75) is 19.3 Å². The van der Waals surface area contributed by atoms with E-state index in [1.165, 1.54) is 0 Å². The lowest BCUT2D eigenvalue weighted by molar-refractivity contribution is -0.137. The number of unbranched alkanes of at least 4 members (excludes halogenated alkanes) is 1. The number of carboxylic acid groups (broad SMARTS) is 1. The molecule has 5 heteroatoms. The first-order valence-electron chi connectivity index (χ1n) is 4.22. The van der Waals surface area contributed by atoms with Gasteiger partial charge in [0.05, 0.1) is 6.61 Å². The third-order valence-corrected chi connectivity index (χ3v) is 2.89. The fourth-order valence-electron chi connectivity index (χ4n) is 0.818. The van der Waals surface area contributed by atoms with Gasteiger partial charge >= 0.3 is 5.97 Å². The fourth-order valence-corrected chi connectivity index (χ4v) is 1.90. The molecule has 0 bridgehead atoms. The van der Waals surface area contributed by atoms with E-state index in [-0.39, 0.29) is 6.42 Å². The zero-order chi connectivity index (χ0) is 10.1. The maximum absolute atomic E-state index is 11.1. The molecule has 0 heterocycles. The fraction of sp³-hybridized carbons (Fsp3) is 0.875. The van der Waals surface area contributed by atoms with E-state index < -0.39 is 16.8 Å². The summed E-state index contributed by atoms with van der Waals surface area (Å²) < 4.78 is 15.9. The Morgan fingerprint density at radius 1 is 1.38 bits per heavy atom. The number of methoxy groups -OCH3 is 1. The smallest absolute Gasteiger partial charge is 0.303 e. The largest absolute Gasteiger partial charge is 0.481 e. The SMILES string of the molecule is COCCS(=O)CCCCC(=O)O. The van der Waals surface area contributed by atoms with Crippen molar-refractivity contribution in [1.82, 2.24) is 0 Å². The van der Waals surface area contributed by atoms with E-state index in [1.807, 2.05) is 0 Å². The summed E-state index contributed by atoms with van der Waals surface area (Å²) in [4.78, 5) is 10.1. The predicted octanol–water partition coefficient (Wildman–Crippen LogP) is 0.636. The van der Waals surface area contributed by atoms with Gasteiger partial charge in [0.2, 0.25) is 0 Å². The molecule has 0 rings (SSSR count). The third-order valence-electron chi connectivity index (χ3n) is 1.53. The first kappa shape index (κ1) is 12.6. The van der Waals surface area contributed by atoms with Gasteiger partial charge in [-0.15, -0.1) is 0 Å². The van der Waals surface area contributed by atoms with Gasteiger partial charge in [-0.1, -0.05) is 0 Å². The Balaban J connectivity index is 3.22. The summed E-state index contributed by atoms with van der Waals surface area (Å²) in [7, 11) is 0.719. The van der Waals surface area contributed by atoms with Crippen LogP contribution in [0, 0.1) is 0 Å². The van der Waals surface area contributed by atoms with Crippen molar-refractivity contribution in [1.29, 1.82) is 0 Å². The van der Waals surface area contributed by atoms with Crippen LogP contribution in [0.1, 0.15) is 19.3 Å². The summed E-state index contributed by atoms with van der Waals surface area (Å²) in [6.07, 6.45) is 1.48. The molecule has 1 atom stereocenters. The van der Waals surface area contributed by atoms with Gasteiger partial charge in [-0.05, 0) is 12.8 Å². The topological polar surface area (TPSA) is 63.6 Å². The number of hydrogen-bond acceptors (Lipinski definition) is 3. The first-order valence-corrected chi connectivity index (χ1v) is 5.71. The number of rotatable bonds is 8. The monoisotopic (exact) mass is 208 g/mol. The van der Waals surface area contributed by atoms with Crippen LogP contribution in [0.2, 0.25) is 0 Å². The highest BCUT2D eigenvalue weighted by Crippen LogP contribution is 1.97. The van der Waals surface area contributed by atoms with Gasteiger partial charge in [-0.2, -0.15) is 0 Å². The van der Waals surface area contributed by atoms with Crippen molar-refractivity contribution in [3.8, 4) is 0 Å². The van der Waals surface area contributed by atoms with Gasteiger partial charge < -0.3 is 9.84 Å². The molecule has 0 saturated carbocycles. The van der Waals surface area contributed by atoms with Crippen LogP contribution in [-0.4, -0.2) is 40.5 Å². The molecule has 0 aliphatic carbocycles. The standard InChI is InChI=1S/C8H16O4S/c1-12-5-7-13(11)6-3-2-4-8(9)10/h2-7H2,1H3,(H,9,10). The molecular formula is C8H16O4S. The molecule has 0 aromatic heterocycles. The summed E-state index contributed by atoms with van der Waals surface area (Å²) in [6.45, 7) is 0.505. The van der Waals surface area contributed by atoms with Crippen molar-refractivity contribution in [3.05, 3.63) is 0 Å². The van der Waals surface area contributed by atoms with Crippen LogP contribution in [0.25, 0.3) is 0 Å². The van der Waals surface area contributed by atoms with Crippen molar-refractivity contribution in [2.75, 3.05) is 25.2 Å². The van der Waals surface area contributed by atoms with E-state index in [2.05, 4.69) is 0 Å². The zero-order valence-corrected chi connectivity index (χ0v) is 8.64. The maximum atomic E-state index is 11.1. The van der Waals surface area contributed by atoms with Gasteiger partial charge in [0.25, 0.3) is 0 Å². The lowest BCUT2D eigenvalue weighted by atomic mass is 10.3. The molecule has 13 heavy (non-hydrogen) atoms. The number of carboxylic acids is 1. The molecule has 0 aromatic rings. The quantitative estimate of drug-likeness (QED) is 0.594. The Hall–Kier alpha value is -0.420. The van der Waals surface area contributed by atoms with Gasteiger partial charge in [-0.25, -0.2) is 0 Å². The molecule has 4 nitrogen and oxygen atoms in total. The van der Waals surface area contributed by atoms with Crippen LogP contribution < -0.4 is 0 Å². The lowest BCUT2D eigenvalue weighted by Gasteiger charge is -2.00. The minimum atomic E-state index is -0.853. The number of ether oxygens (including phenoxy) is 1. The molecule has 0 aliphatic rings. The highest BCUT2D eigenvalue weighted by molar-refractivity contribution is 7.84. The Morgan fingerprint density at radius 2 is 2.08 bits per heavy atom. The molecule has 0 fully saturated rings. The second-order valence-electron chi connectivity index (χ2n) is 2.69. The molecule has 1 N–H and O–H groups in total. The highest BCUT2D eigenvalue weighted by Gasteiger charge is 2.01. The van der Waals surface area contributed by atoms with Crippen LogP contribution in [0.15, 0.2) is 0 Å². The van der Waals surface area contributed by atoms with Crippen molar-refractivity contribution in [3.63, 3.8) is 0 Å². The average Bonchev–Trinajstić information content (AvgIpc) is 2.08. The molecule has 0 saturated heterocycles. The minimum absolute atomic E-state index is 0.168. The van der Waals surface area contributed by atoms with Gasteiger partial charge in [0, 0.05) is 35.8 Å². The van der Waals surface area contributed by atoms with E-state index in [1.54, 1.807) is 7.11 Å². The Morgan fingerprint density at radius 3 is 2.62 bits per heavy atom. The van der Waals surface area contributed by atoms with Crippen molar-refractivity contribution < 1.29 is 18.8 Å². The summed E-state index contributed by atoms with van der Waals surface area (Å²) in [6, 6.07) is 0. The first-order chi connectivity index (χ1) is 6.16. The number of hydrogen-bond donors (Lipinski definition) is 1. The van der Waals surface area contributed by atoms with E-state index >= 15 is 0 Å². The molecular weight excluding hydrogens is 192 g/mol. The van der Waals surface area contributed by atoms with E-state index in [4.69, 9.17) is 9.84 Å². The second-order valence-corrected chi connectivity index (χ2v) is 4.39. The van der Waals surface area contributed by atoms with E-state index in [9.17, 15) is 9.00 Å². The van der Waals surface area contributed by atoms with Gasteiger partial charge in [0.15, 0.2) is 0 Å². The molecule has 0 aliphatic heterocycles. The summed E-state index contributed by atoms with van der Waals surface area (Å²) >= 11 is 0. The molecule has 1 unspecified atom stereocenters. The number of carbonyl (C=O) groups is 1. The average molecular weight is 208 g/mol. The summed E-state index contributed by atoms with van der Waals surface area (Å²) in [5.41, 5.74) is 0. The van der Waals surface area contributed by atoms with Crippen LogP contribution in [0.4, 0.5) is 0 Å². The van der Waals surface area contributed by atoms with E-state index in [0.29, 0.717) is 31.0 Å². The van der Waals surface area contributed by atoms with Crippen LogP contribution >= 0.6 is 0 Å². The summed E-state index contributed by atoms with van der Waals surface area (Å²) in [5.74, 6) is 0.336. The molecule has 0 spiro atoms. The molecule has 78 valence electrons. The lowest BCUT2D eigenvalue weighted by Crippen LogP contribution is -2.08. The van der Waals surface area contributed by atoms with E-state index in [0.717, 1.165) is 0 Å². The predicted molar refractivity (Wildman–Crippen MR) is 51.2 cm³/mol. The molecule has 0 radical (unpaired) electrons. The van der Waals surface area contributed by atoms with Crippen molar-refractivity contribution in [2.24, 2.45) is 0 Å². The van der Waals surface area contributed by atoms with Gasteiger partial charge in [0.1, 0.15) is 0 Å². The number of aliphatic carboxylic acids is 1. The van der Waals surface area contributed by atoms with Crippen molar-refractivity contribution >= 4 is 16.8 Å². The Labute approximate surface area is 80.7 Å². The highest BCUT2D eigenvalue weighted by atomic mass is 32.2. The summed E-state index contributed by atoms with van der Waals surface area (Å²) in [5, 5.41) is 8.32. The van der Waals surface area contributed by atoms with Gasteiger partial charge in [-0.3, -0.25) is 9.00 Å². The third kappa shape index (κ3) is 9.49. The second kappa shape index (κ2) is 8.19. The normalized spacial score (nSPS) is 12.7. The van der Waals surface area contributed by atoms with Crippen LogP contribution in [-0.2, 0) is 20.3 Å². The van der Waals surface area contributed by atoms with Crippen LogP contribution in [0.5, 0.6) is 0 Å². The Kier molecular flexibility index (Phi) is 7.93. The van der Waals surface area contributed by atoms with Crippen LogP contribution in [0.3, 0.4) is 0 Å². The molecule has 0 amide bonds. The molecule has 0 aromatic carbocycles. The zero-order valence-electron chi connectivity index (χ0n) is 7.82.